The molecule has 5 aliphatic heterocycles. The molecule has 134 heavy (non-hydrogen) atoms. The minimum absolute atomic E-state index is 0.00656. The van der Waals surface area contributed by atoms with Crippen molar-refractivity contribution in [2.45, 2.75) is 298 Å². The molecule has 6 heterocycles. The first-order chi connectivity index (χ1) is 62.8. The van der Waals surface area contributed by atoms with E-state index < -0.39 is 293 Å². The molecular weight excluding hydrogens is 1810 g/mol. The van der Waals surface area contributed by atoms with Gasteiger partial charge in [-0.1, -0.05) is 73.1 Å². The Bertz CT molecular complexity index is 4590. The number of amides is 6. The number of Topliss-reactive ketones (excluding diaryl/α,β-unsaturated/α-hetero) is 1. The number of aromatic nitrogens is 3. The summed E-state index contributed by atoms with van der Waals surface area (Å²) in [4.78, 5) is 145. The van der Waals surface area contributed by atoms with Crippen LogP contribution in [0.4, 0.5) is 10.5 Å². The Balaban J connectivity index is 1.19. The number of hydrogen-bond acceptors (Lipinski definition) is 39. The molecule has 0 saturated carbocycles. The molecule has 52 heteroatoms. The lowest BCUT2D eigenvalue weighted by Crippen LogP contribution is -2.72. The molecule has 5 aliphatic rings. The van der Waals surface area contributed by atoms with Gasteiger partial charge in [-0.3, -0.25) is 58.1 Å². The Morgan fingerprint density at radius 2 is 1.38 bits per heavy atom. The van der Waals surface area contributed by atoms with Gasteiger partial charge in [0.15, 0.2) is 67.6 Å². The van der Waals surface area contributed by atoms with Crippen molar-refractivity contribution in [3.8, 4) is 5.69 Å². The number of carbonyl (C=O) groups is 9. The Morgan fingerprint density at radius 1 is 0.769 bits per heavy atom. The molecule has 28 atom stereocenters. The third kappa shape index (κ3) is 31.1. The highest BCUT2D eigenvalue weighted by atomic mass is 31.2. The molecule has 0 bridgehead atoms. The molecule has 0 radical (unpaired) electrons. The van der Waals surface area contributed by atoms with Crippen molar-refractivity contribution < 1.29 is 180 Å². The summed E-state index contributed by atoms with van der Waals surface area (Å²) < 4.78 is 95.8. The lowest BCUT2D eigenvalue weighted by Gasteiger charge is -2.52. The summed E-state index contributed by atoms with van der Waals surface area (Å²) >= 11 is 0. The van der Waals surface area contributed by atoms with Crippen LogP contribution in [0, 0.1) is 20.9 Å². The van der Waals surface area contributed by atoms with E-state index in [0.29, 0.717) is 23.6 Å². The van der Waals surface area contributed by atoms with Gasteiger partial charge < -0.3 is 162 Å². The summed E-state index contributed by atoms with van der Waals surface area (Å²) in [6, 6.07) is -3.26. The summed E-state index contributed by atoms with van der Waals surface area (Å²) in [5.74, 6) is -10.8. The number of benzene rings is 1. The highest BCUT2D eigenvalue weighted by molar-refractivity contribution is 7.47. The number of nitro benzene ring substituents is 1. The van der Waals surface area contributed by atoms with E-state index in [2.05, 4.69) is 95.5 Å². The van der Waals surface area contributed by atoms with Crippen molar-refractivity contribution >= 4 is 73.3 Å². The number of aliphatic hydroxyl groups excluding tert-OH is 9. The first-order valence-electron chi connectivity index (χ1n) is 42.6. The van der Waals surface area contributed by atoms with Crippen LogP contribution in [0.1, 0.15) is 166 Å². The average molecular weight is 1930 g/mol. The zero-order valence-electron chi connectivity index (χ0n) is 75.3. The molecule has 0 spiro atoms. The standard InChI is InChI=1S/C82H124N13O38P/c1-37(2)16-14-18-38(3)20-21-40(5)24-28-81(9,10)27-13-12-17-39(4)25-31-121-51(73(112)113)35-123-134(118,119)133-78-65(66(132-80(87)114)82(11,115)67(131-78)69(84)110)130-75-53(90-43(8)99)56(103)63(50(126-75)34-122-76-60(107)57(104)54(101)49(33-96)125-76)128-74-52(89-42(7)98)55(102)62(41(6)124-74)127-77-61(108)58(105)59(106)64(129-77)71-92-70(48(100)26-30-120-36-97)93-94(71)47-23-22-44(95(116)117)32-45(47)72(111)91-46(68(83)109)19-15-29-88-79(85)86/h13,16,20,22-23,25,27,32,36,41,46,49-67,74-78,96,101-108,115H,5,12,14-15,17-19,21,24,26,28-31,33-35H2,1-4,6-11H3,(H2,83,109)(H2,84,110)(H2,87,114)(H,89,98)(H,90,99)(H,91,111)(H,112,113)(H,118,119)(H4,85,86,88)/b27-13+,38-20+,39-25+/t41?,46-,49?,50?,51?,52?,53?,54?,55?,56?,57?,58?,59?,60?,61?,62?,63?,64?,65?,66?,67?,74?,75?,76?,77?,78?,82?/m0/s1. The Hall–Kier alpha value is -9.73. The molecule has 51 nitrogen and oxygen atoms in total. The first kappa shape index (κ1) is 111. The van der Waals surface area contributed by atoms with E-state index in [1.54, 1.807) is 13.0 Å². The highest BCUT2D eigenvalue weighted by Gasteiger charge is 2.63. The van der Waals surface area contributed by atoms with Crippen LogP contribution in [0.3, 0.4) is 0 Å². The summed E-state index contributed by atoms with van der Waals surface area (Å²) in [6.07, 6.45) is -38.6. The Kier molecular flexibility index (Phi) is 41.8. The Labute approximate surface area is 768 Å². The SMILES string of the molecule is C=C(C/C=C(\C)CCC=C(C)C)CCC(C)(C)/C=C/CC/C(C)=C/COC(COP(=O)(O)OC1OC(C(N)=O)C(C)(O)C(OC(N)=O)C1OC1OC(COC2OC(CO)C(O)C(O)C2O)C(OC2OC(C)C(OC3OC(c4nc(C(=O)CCOC=O)nn4-c4ccc([N+](=O)[O-])cc4C(=O)N[C@@H](CCCNC(=N)N)C(N)=O)C(O)C(O)C3O)C(O)C2NC(C)=O)C(O)C1NC(C)=O)C(=O)O. The number of carbonyl (C=O) groups excluding carboxylic acids is 8. The summed E-state index contributed by atoms with van der Waals surface area (Å²) in [5, 5.41) is 160. The topological polar surface area (TPSA) is 793 Å². The van der Waals surface area contributed by atoms with Gasteiger partial charge in [0.05, 0.1) is 55.3 Å². The zero-order valence-corrected chi connectivity index (χ0v) is 76.1. The second-order valence-electron chi connectivity index (χ2n) is 33.8. The van der Waals surface area contributed by atoms with E-state index in [1.807, 2.05) is 6.08 Å². The number of ketones is 1. The largest absolute Gasteiger partial charge is 0.479 e. The number of primary amides is 3. The number of nitrogens with one attached hydrogen (secondary N) is 5. The maximum atomic E-state index is 14.4. The number of nitro groups is 1. The first-order valence-corrected chi connectivity index (χ1v) is 44.1. The van der Waals surface area contributed by atoms with E-state index in [1.165, 1.54) is 18.1 Å². The molecule has 7 rings (SSSR count). The second-order valence-corrected chi connectivity index (χ2v) is 35.2. The van der Waals surface area contributed by atoms with Gasteiger partial charge in [-0.05, 0) is 111 Å². The van der Waals surface area contributed by atoms with Gasteiger partial charge in [-0.15, -0.1) is 5.10 Å². The summed E-state index contributed by atoms with van der Waals surface area (Å²) in [6.45, 7) is 15.8. The number of nitrogens with zero attached hydrogens (tertiary/aromatic N) is 4. The predicted molar refractivity (Wildman–Crippen MR) is 457 cm³/mol. The fourth-order valence-corrected chi connectivity index (χ4v) is 15.7. The van der Waals surface area contributed by atoms with Crippen molar-refractivity contribution in [2.75, 3.05) is 39.6 Å². The van der Waals surface area contributed by atoms with E-state index in [9.17, 15) is 119 Å². The van der Waals surface area contributed by atoms with Crippen molar-refractivity contribution in [3.05, 3.63) is 105 Å². The summed E-state index contributed by atoms with van der Waals surface area (Å²) in [7, 11) is -5.92. The van der Waals surface area contributed by atoms with Crippen molar-refractivity contribution in [2.24, 2.45) is 28.3 Å². The molecule has 6 amide bonds. The molecule has 5 fully saturated rings. The normalized spacial score (nSPS) is 30.6. The quantitative estimate of drug-likeness (QED) is 0.00366. The highest BCUT2D eigenvalue weighted by Crippen LogP contribution is 2.49. The number of guanidine groups is 1. The van der Waals surface area contributed by atoms with Gasteiger partial charge in [0, 0.05) is 38.9 Å². The van der Waals surface area contributed by atoms with Crippen LogP contribution in [0.25, 0.3) is 5.69 Å². The number of carboxylic acids is 1. The van der Waals surface area contributed by atoms with Crippen LogP contribution in [0.5, 0.6) is 0 Å². The maximum Gasteiger partial charge on any atom is 0.474 e. The van der Waals surface area contributed by atoms with Crippen LogP contribution in [0.2, 0.25) is 0 Å². The molecule has 0 aliphatic carbocycles. The smallest absolute Gasteiger partial charge is 0.474 e. The molecule has 2 aromatic rings. The van der Waals surface area contributed by atoms with Crippen LogP contribution >= 0.6 is 7.82 Å². The minimum atomic E-state index is -5.92. The van der Waals surface area contributed by atoms with Crippen molar-refractivity contribution in [1.82, 2.24) is 36.0 Å². The lowest BCUT2D eigenvalue weighted by atomic mass is 9.85. The van der Waals surface area contributed by atoms with Gasteiger partial charge in [-0.25, -0.2) is 23.8 Å². The van der Waals surface area contributed by atoms with E-state index >= 15 is 0 Å². The number of allylic oxidation sites excluding steroid dienone is 8. The predicted octanol–water partition coefficient (Wildman–Crippen LogP) is -2.82. The Morgan fingerprint density at radius 3 is 1.99 bits per heavy atom. The molecule has 5 saturated heterocycles. The molecule has 1 aromatic carbocycles. The van der Waals surface area contributed by atoms with Gasteiger partial charge >= 0.3 is 19.9 Å². The molecule has 750 valence electrons. The second kappa shape index (κ2) is 50.4. The van der Waals surface area contributed by atoms with E-state index in [0.717, 1.165) is 76.2 Å². The number of non-ortho nitro benzene ring substituents is 1. The molecule has 25 N–H and O–H groups in total. The summed E-state index contributed by atoms with van der Waals surface area (Å²) in [5.41, 5.74) is 21.5. The fraction of sp³-hybridized carbons (Fsp3) is 0.659. The molecular formula is C82H124N13O38P. The number of phosphoric acid groups is 1. The lowest BCUT2D eigenvalue weighted by molar-refractivity contribution is -0.384. The monoisotopic (exact) mass is 1930 g/mol. The zero-order chi connectivity index (χ0) is 99.9. The molecule has 27 unspecified atom stereocenters. The van der Waals surface area contributed by atoms with E-state index in [4.69, 9.17) is 89.5 Å². The van der Waals surface area contributed by atoms with Crippen LogP contribution in [-0.4, -0.2) is 339 Å². The number of nitrogens with two attached hydrogens (primary N) is 4. The number of phosphoric ester groups is 1. The maximum absolute atomic E-state index is 14.4. The number of carboxylic acid groups (broad SMARTS) is 1. The average Bonchev–Trinajstić information content (AvgIpc) is 1.16. The number of ether oxygens (including phenoxy) is 12. The minimum Gasteiger partial charge on any atom is -0.479 e. The van der Waals surface area contributed by atoms with E-state index in [-0.39, 0.29) is 37.9 Å². The molecule has 1 aromatic heterocycles. The number of rotatable bonds is 50. The number of aliphatic hydroxyl groups is 10. The van der Waals surface area contributed by atoms with Crippen molar-refractivity contribution in [1.29, 1.82) is 5.41 Å². The van der Waals surface area contributed by atoms with Gasteiger partial charge in [0.25, 0.3) is 18.1 Å². The van der Waals surface area contributed by atoms with Gasteiger partial charge in [-0.2, -0.15) is 0 Å². The third-order valence-electron chi connectivity index (χ3n) is 22.2. The van der Waals surface area contributed by atoms with Gasteiger partial charge in [0.1, 0.15) is 103 Å². The van der Waals surface area contributed by atoms with Gasteiger partial charge in [0.2, 0.25) is 35.2 Å². The number of hydrogen-bond donors (Lipinski definition) is 21. The van der Waals surface area contributed by atoms with Crippen LogP contribution in [0.15, 0.2) is 77.5 Å². The number of aliphatic carboxylic acids is 1. The van der Waals surface area contributed by atoms with Crippen LogP contribution in [-0.2, 0) is 99.2 Å². The third-order valence-corrected chi connectivity index (χ3v) is 23.1. The van der Waals surface area contributed by atoms with Crippen LogP contribution < -0.4 is 44.2 Å². The van der Waals surface area contributed by atoms with Crippen molar-refractivity contribution in [3.63, 3.8) is 0 Å². The fourth-order valence-electron chi connectivity index (χ4n) is 14.8.